The minimum Gasteiger partial charge on any atom is -1.00 e. The van der Waals surface area contributed by atoms with Crippen LogP contribution in [0.1, 0.15) is 0 Å². The monoisotopic (exact) mass is 258 g/mol. The van der Waals surface area contributed by atoms with Gasteiger partial charge in [0.1, 0.15) is 7.05 Å². The summed E-state index contributed by atoms with van der Waals surface area (Å²) in [5.41, 5.74) is 0. The number of rotatable bonds is 2. The molecule has 0 unspecified atom stereocenters. The normalized spacial score (nSPS) is 8.60. The average Bonchev–Trinajstić information content (AvgIpc) is 1.63. The second-order valence-corrected chi connectivity index (χ2v) is 2.27. The summed E-state index contributed by atoms with van der Waals surface area (Å²) in [7, 11) is 9.54. The Hall–Kier alpha value is 0.0900. The van der Waals surface area contributed by atoms with Gasteiger partial charge in [-0.05, 0) is 0 Å². The highest BCUT2D eigenvalue weighted by Gasteiger charge is 2.01. The van der Waals surface area contributed by atoms with E-state index in [1.807, 2.05) is 40.2 Å². The number of nitrogens with zero attached hydrogens (tertiary/aromatic N) is 4. The predicted octanol–water partition coefficient (Wildman–Crippen LogP) is -2.96. The van der Waals surface area contributed by atoms with Crippen LogP contribution in [-0.2, 0) is 0 Å². The molecule has 0 aliphatic carbocycles. The van der Waals surface area contributed by atoms with Crippen LogP contribution >= 0.6 is 0 Å². The minimum absolute atomic E-state index is 0. The van der Waals surface area contributed by atoms with Crippen LogP contribution in [0.5, 0.6) is 0 Å². The molecule has 0 heterocycles. The van der Waals surface area contributed by atoms with Gasteiger partial charge in [0, 0.05) is 14.1 Å². The van der Waals surface area contributed by atoms with E-state index >= 15 is 0 Å². The van der Waals surface area contributed by atoms with Crippen molar-refractivity contribution in [3.8, 4) is 0 Å². The van der Waals surface area contributed by atoms with E-state index in [2.05, 4.69) is 5.22 Å². The zero-order valence-electron chi connectivity index (χ0n) is 7.17. The molecular formula is C5H15IN4. The van der Waals surface area contributed by atoms with Gasteiger partial charge in [0.2, 0.25) is 0 Å². The standard InChI is InChI=1S/C5H15N4.HI/c1-7(2)6-9(5)8(3)4;/h1-5H3;1H/q+1;/p-1. The van der Waals surface area contributed by atoms with Crippen molar-refractivity contribution in [3.05, 3.63) is 0 Å². The van der Waals surface area contributed by atoms with Gasteiger partial charge in [0.05, 0.1) is 19.3 Å². The summed E-state index contributed by atoms with van der Waals surface area (Å²) in [6.45, 7) is 0. The Balaban J connectivity index is 0. The second-order valence-electron chi connectivity index (χ2n) is 2.27. The first-order valence-corrected chi connectivity index (χ1v) is 2.84. The molecule has 0 amide bonds. The molecule has 0 saturated heterocycles. The van der Waals surface area contributed by atoms with E-state index < -0.39 is 0 Å². The van der Waals surface area contributed by atoms with Crippen LogP contribution in [0.3, 0.4) is 0 Å². The molecule has 0 aliphatic heterocycles. The lowest BCUT2D eigenvalue weighted by Gasteiger charge is -2.10. The molecule has 0 aromatic rings. The first-order valence-electron chi connectivity index (χ1n) is 2.84. The van der Waals surface area contributed by atoms with Crippen molar-refractivity contribution in [1.29, 1.82) is 0 Å². The molecule has 62 valence electrons. The van der Waals surface area contributed by atoms with E-state index in [9.17, 15) is 0 Å². The molecule has 0 aromatic carbocycles. The van der Waals surface area contributed by atoms with E-state index in [1.54, 1.807) is 9.82 Å². The van der Waals surface area contributed by atoms with Crippen LogP contribution in [-0.4, -0.2) is 50.1 Å². The van der Waals surface area contributed by atoms with E-state index in [4.69, 9.17) is 0 Å². The zero-order chi connectivity index (χ0) is 7.44. The maximum Gasteiger partial charge on any atom is 0.119 e. The Morgan fingerprint density at radius 1 is 1.10 bits per heavy atom. The number of hydrazine groups is 1. The fourth-order valence-electron chi connectivity index (χ4n) is 0.339. The fraction of sp³-hybridized carbons (Fsp3) is 1.00. The van der Waals surface area contributed by atoms with Gasteiger partial charge in [-0.15, -0.1) is 5.01 Å². The average molecular weight is 258 g/mol. The van der Waals surface area contributed by atoms with E-state index in [0.29, 0.717) is 0 Å². The van der Waals surface area contributed by atoms with Crippen molar-refractivity contribution in [1.82, 2.24) is 10.1 Å². The summed E-state index contributed by atoms with van der Waals surface area (Å²) in [4.78, 5) is 0. The first kappa shape index (κ1) is 12.7. The van der Waals surface area contributed by atoms with Gasteiger partial charge in [-0.25, -0.2) is 0 Å². The van der Waals surface area contributed by atoms with Crippen molar-refractivity contribution >= 4 is 0 Å². The van der Waals surface area contributed by atoms with E-state index in [-0.39, 0.29) is 24.0 Å². The van der Waals surface area contributed by atoms with E-state index in [1.165, 1.54) is 0 Å². The number of halogens is 1. The zero-order valence-corrected chi connectivity index (χ0v) is 9.32. The van der Waals surface area contributed by atoms with Gasteiger partial charge in [-0.2, -0.15) is 4.70 Å². The Morgan fingerprint density at radius 2 is 1.50 bits per heavy atom. The summed E-state index contributed by atoms with van der Waals surface area (Å²) in [6, 6.07) is 0. The molecule has 0 aliphatic rings. The molecule has 0 radical (unpaired) electrons. The molecule has 0 bridgehead atoms. The molecule has 4 nitrogen and oxygen atoms in total. The molecule has 10 heavy (non-hydrogen) atoms. The van der Waals surface area contributed by atoms with Gasteiger partial charge in [0.25, 0.3) is 0 Å². The largest absolute Gasteiger partial charge is 1.00 e. The van der Waals surface area contributed by atoms with Crippen LogP contribution in [0.2, 0.25) is 0 Å². The first-order chi connectivity index (χ1) is 4.04. The number of hydrogen-bond acceptors (Lipinski definition) is 2. The summed E-state index contributed by atoms with van der Waals surface area (Å²) in [5, 5.41) is 7.71. The maximum atomic E-state index is 4.07. The summed E-state index contributed by atoms with van der Waals surface area (Å²) < 4.78 is 1.75. The summed E-state index contributed by atoms with van der Waals surface area (Å²) >= 11 is 0. The van der Waals surface area contributed by atoms with Gasteiger partial charge < -0.3 is 24.0 Å². The fourth-order valence-corrected chi connectivity index (χ4v) is 0.339. The third kappa shape index (κ3) is 6.21. The van der Waals surface area contributed by atoms with Crippen LogP contribution in [0, 0.1) is 0 Å². The molecule has 0 fully saturated rings. The molecule has 0 saturated carbocycles. The lowest BCUT2D eigenvalue weighted by Crippen LogP contribution is -3.00. The third-order valence-electron chi connectivity index (χ3n) is 0.887. The van der Waals surface area contributed by atoms with Crippen molar-refractivity contribution < 1.29 is 28.7 Å². The van der Waals surface area contributed by atoms with Crippen LogP contribution < -0.4 is 24.0 Å². The van der Waals surface area contributed by atoms with Crippen molar-refractivity contribution in [2.75, 3.05) is 35.2 Å². The quantitative estimate of drug-likeness (QED) is 0.228. The molecule has 0 spiro atoms. The Kier molecular flexibility index (Phi) is 7.44. The highest BCUT2D eigenvalue weighted by molar-refractivity contribution is 4.20. The lowest BCUT2D eigenvalue weighted by atomic mass is 11.1. The number of hydrogen-bond donors (Lipinski definition) is 0. The predicted molar refractivity (Wildman–Crippen MR) is 36.0 cm³/mol. The Morgan fingerprint density at radius 3 is 1.60 bits per heavy atom. The van der Waals surface area contributed by atoms with Crippen molar-refractivity contribution in [3.63, 3.8) is 0 Å². The van der Waals surface area contributed by atoms with E-state index in [0.717, 1.165) is 0 Å². The molecule has 0 N–H and O–H groups in total. The molecular weight excluding hydrogens is 243 g/mol. The Bertz CT molecular complexity index is 108. The summed E-state index contributed by atoms with van der Waals surface area (Å²) in [5.74, 6) is 0. The van der Waals surface area contributed by atoms with Crippen molar-refractivity contribution in [2.24, 2.45) is 5.22 Å². The smallest absolute Gasteiger partial charge is 0.119 e. The van der Waals surface area contributed by atoms with Crippen molar-refractivity contribution in [2.45, 2.75) is 0 Å². The van der Waals surface area contributed by atoms with Crippen LogP contribution in [0.25, 0.3) is 0 Å². The SMILES string of the molecule is CN(C)N(C)N=[N+](C)C.[I-]. The lowest BCUT2D eigenvalue weighted by molar-refractivity contribution is -0.557. The topological polar surface area (TPSA) is 21.9 Å². The molecule has 0 atom stereocenters. The maximum absolute atomic E-state index is 4.07. The minimum atomic E-state index is 0. The van der Waals surface area contributed by atoms with Gasteiger partial charge >= 0.3 is 0 Å². The van der Waals surface area contributed by atoms with Gasteiger partial charge in [-0.3, -0.25) is 0 Å². The highest BCUT2D eigenvalue weighted by atomic mass is 127. The summed E-state index contributed by atoms with van der Waals surface area (Å²) in [6.07, 6.45) is 0. The Labute approximate surface area is 79.5 Å². The molecule has 0 aromatic heterocycles. The molecule has 5 heteroatoms. The van der Waals surface area contributed by atoms with Crippen LogP contribution in [0.15, 0.2) is 5.22 Å². The molecule has 0 rings (SSSR count). The van der Waals surface area contributed by atoms with Crippen LogP contribution in [0.4, 0.5) is 0 Å². The van der Waals surface area contributed by atoms with Gasteiger partial charge in [-0.1, -0.05) is 5.12 Å². The third-order valence-corrected chi connectivity index (χ3v) is 0.887. The second kappa shape index (κ2) is 5.84. The van der Waals surface area contributed by atoms with Gasteiger partial charge in [0.15, 0.2) is 0 Å². The highest BCUT2D eigenvalue weighted by Crippen LogP contribution is 1.84.